The molecule has 0 bridgehead atoms. The van der Waals surface area contributed by atoms with Gasteiger partial charge >= 0.3 is 0 Å². The van der Waals surface area contributed by atoms with Crippen LogP contribution < -0.4 is 26.4 Å². The maximum atomic E-state index is 15.4. The third kappa shape index (κ3) is 20.4. The fourth-order valence-corrected chi connectivity index (χ4v) is 12.5. The van der Waals surface area contributed by atoms with Crippen LogP contribution in [0.15, 0.2) is 36.5 Å². The maximum absolute atomic E-state index is 15.4. The van der Waals surface area contributed by atoms with E-state index in [0.29, 0.717) is 6.54 Å². The molecule has 0 fully saturated rings. The van der Waals surface area contributed by atoms with E-state index in [9.17, 15) is 57.5 Å². The van der Waals surface area contributed by atoms with E-state index in [-0.39, 0.29) is 5.78 Å². The first-order chi connectivity index (χ1) is 45.4. The number of nitrogens with one attached hydrogen (secondary N) is 1. The third-order valence-corrected chi connectivity index (χ3v) is 17.6. The van der Waals surface area contributed by atoms with Crippen LogP contribution in [0.2, 0.25) is 0 Å². The molecule has 6 aromatic rings. The molecule has 0 saturated heterocycles. The van der Waals surface area contributed by atoms with Crippen LogP contribution in [0.25, 0.3) is 0 Å². The largest absolute Gasteiger partial charge is 0.290 e. The minimum Gasteiger partial charge on any atom is -0.290 e. The van der Waals surface area contributed by atoms with Crippen molar-refractivity contribution in [1.29, 1.82) is 0 Å². The van der Waals surface area contributed by atoms with Crippen molar-refractivity contribution in [3.05, 3.63) is 170 Å². The molecule has 6 rings (SSSR count). The molecule has 0 aliphatic carbocycles. The third-order valence-electron chi connectivity index (χ3n) is 17.6. The molecule has 5 aromatic carbocycles. The number of benzene rings is 5. The van der Waals surface area contributed by atoms with Crippen molar-refractivity contribution >= 4 is 33.8 Å². The number of halogens is 20. The van der Waals surface area contributed by atoms with Crippen molar-refractivity contribution in [3.8, 4) is 0 Å². The molecule has 1 aromatic heterocycles. The molecule has 0 unspecified atom stereocenters. The molecule has 3 nitrogen and oxygen atoms in total. The molecule has 0 saturated carbocycles. The van der Waals surface area contributed by atoms with Gasteiger partial charge in [-0.15, -0.1) is 21.9 Å². The average Bonchev–Trinajstić information content (AvgIpc) is 1.00. The lowest BCUT2D eigenvalue weighted by molar-refractivity contribution is -0.689. The Bertz CT molecular complexity index is 3030. The first-order valence-corrected chi connectivity index (χ1v) is 33.4. The molecular weight excluding hydrogens is 1290 g/mol. The van der Waals surface area contributed by atoms with Crippen molar-refractivity contribution in [2.45, 2.75) is 239 Å². The van der Waals surface area contributed by atoms with Crippen molar-refractivity contribution in [3.63, 3.8) is 0 Å². The lowest BCUT2D eigenvalue weighted by atomic mass is 9.12. The number of aryl methyl sites for hydroxylation is 2. The number of Topliss-reactive ketones (excluding diaryl/α,β-unsaturated/α-hetero) is 1. The summed E-state index contributed by atoms with van der Waals surface area (Å²) >= 11 is 0. The van der Waals surface area contributed by atoms with Gasteiger partial charge in [-0.1, -0.05) is 237 Å². The zero-order valence-corrected chi connectivity index (χ0v) is 53.7. The predicted octanol–water partition coefficient (Wildman–Crippen LogP) is 20.6. The summed E-state index contributed by atoms with van der Waals surface area (Å²) in [6, 6.07) is 9.81. The Balaban J connectivity index is 0.000000345. The summed E-state index contributed by atoms with van der Waals surface area (Å²) < 4.78 is 296. The maximum Gasteiger partial charge on any atom is 0.254 e. The van der Waals surface area contributed by atoms with Crippen LogP contribution in [-0.4, -0.2) is 16.9 Å². The highest BCUT2D eigenvalue weighted by atomic mass is 19.2. The number of aromatic nitrogens is 2. The summed E-state index contributed by atoms with van der Waals surface area (Å²) in [5, 5.41) is 0. The molecule has 0 aliphatic rings. The Morgan fingerprint density at radius 3 is 0.779 bits per heavy atom. The molecular formula is C71H83BF20N2O. The SMILES string of the molecule is CCCCCCCCCCCCCCCCCCc1c[n+](CC(=O)c2ccccc2)c(CCCCCCCCCCCCCCCCCC)[nH]1.Fc1c(F)c(F)c([B-](c2c(F)c(F)c(F)c(F)c2F)(c2c(F)c(F)c(F)c(F)c2F)c2c(F)c(F)c(F)c(F)c2F)c(F)c1F. The molecule has 0 amide bonds. The minimum atomic E-state index is -7.22. The number of ketones is 1. The lowest BCUT2D eigenvalue weighted by Gasteiger charge is -2.44. The van der Waals surface area contributed by atoms with E-state index < -0.39 is 144 Å². The van der Waals surface area contributed by atoms with Gasteiger partial charge in [0.25, 0.3) is 5.82 Å². The zero-order valence-electron chi connectivity index (χ0n) is 53.7. The highest BCUT2D eigenvalue weighted by Gasteiger charge is 2.52. The molecule has 1 heterocycles. The molecule has 0 atom stereocenters. The van der Waals surface area contributed by atoms with E-state index in [4.69, 9.17) is 0 Å². The molecule has 95 heavy (non-hydrogen) atoms. The number of unbranched alkanes of at least 4 members (excludes halogenated alkanes) is 30. The van der Waals surface area contributed by atoms with Gasteiger partial charge in [-0.05, 0) is 12.8 Å². The average molecular weight is 1370 g/mol. The smallest absolute Gasteiger partial charge is 0.254 e. The number of rotatable bonds is 41. The Morgan fingerprint density at radius 2 is 0.526 bits per heavy atom. The summed E-state index contributed by atoms with van der Waals surface area (Å²) in [7, 11) is 0. The predicted molar refractivity (Wildman–Crippen MR) is 327 cm³/mol. The van der Waals surface area contributed by atoms with Crippen molar-refractivity contribution in [1.82, 2.24) is 4.98 Å². The Kier molecular flexibility index (Phi) is 33.2. The van der Waals surface area contributed by atoms with Crippen molar-refractivity contribution in [2.24, 2.45) is 0 Å². The summed E-state index contributed by atoms with van der Waals surface area (Å²) in [6.07, 6.45) is 42.0. The number of carbonyl (C=O) groups excluding carboxylic acids is 1. The van der Waals surface area contributed by atoms with Crippen LogP contribution in [-0.2, 0) is 19.4 Å². The summed E-state index contributed by atoms with van der Waals surface area (Å²) in [4.78, 5) is 16.8. The number of hydrogen-bond donors (Lipinski definition) is 1. The van der Waals surface area contributed by atoms with Gasteiger partial charge in [-0.2, -0.15) is 0 Å². The molecule has 0 spiro atoms. The number of carbonyl (C=O) groups is 1. The minimum absolute atomic E-state index is 0.205. The van der Waals surface area contributed by atoms with E-state index in [1.54, 1.807) is 0 Å². The first-order valence-electron chi connectivity index (χ1n) is 33.4. The van der Waals surface area contributed by atoms with Gasteiger partial charge in [-0.25, -0.2) is 97.4 Å². The van der Waals surface area contributed by atoms with Crippen LogP contribution in [0.1, 0.15) is 241 Å². The number of H-pyrrole nitrogens is 1. The van der Waals surface area contributed by atoms with Crippen LogP contribution in [0, 0.1) is 116 Å². The van der Waals surface area contributed by atoms with Gasteiger partial charge in [0.2, 0.25) is 5.78 Å². The number of aromatic amines is 1. The van der Waals surface area contributed by atoms with Crippen molar-refractivity contribution < 1.29 is 97.2 Å². The molecule has 0 radical (unpaired) electrons. The van der Waals surface area contributed by atoms with Gasteiger partial charge < -0.3 is 0 Å². The van der Waals surface area contributed by atoms with Gasteiger partial charge in [0.1, 0.15) is 64.6 Å². The molecule has 1 N–H and O–H groups in total. The van der Waals surface area contributed by atoms with Crippen LogP contribution in [0.5, 0.6) is 0 Å². The molecule has 24 heteroatoms. The highest BCUT2D eigenvalue weighted by Crippen LogP contribution is 2.31. The normalized spacial score (nSPS) is 11.7. The van der Waals surface area contributed by atoms with Crippen molar-refractivity contribution in [2.75, 3.05) is 0 Å². The van der Waals surface area contributed by atoms with E-state index >= 15 is 35.1 Å². The van der Waals surface area contributed by atoms with Gasteiger partial charge in [-0.3, -0.25) is 4.79 Å². The number of imidazole rings is 1. The van der Waals surface area contributed by atoms with E-state index in [2.05, 4.69) is 29.6 Å². The topological polar surface area (TPSA) is 36.7 Å². The van der Waals surface area contributed by atoms with E-state index in [1.165, 1.54) is 217 Å². The second-order valence-corrected chi connectivity index (χ2v) is 24.6. The Labute approximate surface area is 542 Å². The zero-order chi connectivity index (χ0) is 69.9. The van der Waals surface area contributed by atoms with Crippen LogP contribution in [0.3, 0.4) is 0 Å². The standard InChI is InChI=1S/C47H82N2O.C24BF20/c1-3-5-7-9-11-13-15-17-19-21-23-25-27-29-31-36-40-45-42-49(43-46(50)44-38-34-33-35-39-44)47(48-45)41-37-32-30-28-26-24-22-20-18-16-14-12-10-8-6-4-2;26-5-1(6(27)14(35)21(42)13(5)34)25(2-7(28)15(36)22(43)16(37)8(2)29,3-9(30)17(38)23(44)18(39)10(3)31)4-11(32)19(40)24(45)20(41)12(4)33/h33-35,38-39,42H,3-32,36-37,40-41,43H2,1-2H3;/q;-1/p+1. The van der Waals surface area contributed by atoms with Crippen LogP contribution >= 0.6 is 0 Å². The van der Waals surface area contributed by atoms with E-state index in [1.807, 2.05) is 30.3 Å². The molecule has 526 valence electrons. The highest BCUT2D eigenvalue weighted by molar-refractivity contribution is 7.20. The van der Waals surface area contributed by atoms with E-state index in [0.717, 1.165) is 18.4 Å². The lowest BCUT2D eigenvalue weighted by Crippen LogP contribution is -2.81. The Hall–Kier alpha value is -6.36. The van der Waals surface area contributed by atoms with Gasteiger partial charge in [0.05, 0.1) is 0 Å². The fraction of sp³-hybridized carbons (Fsp3) is 0.521. The van der Waals surface area contributed by atoms with Crippen LogP contribution in [0.4, 0.5) is 87.8 Å². The summed E-state index contributed by atoms with van der Waals surface area (Å²) in [5.74, 6) is -70.0. The fourth-order valence-electron chi connectivity index (χ4n) is 12.5. The quantitative estimate of drug-likeness (QED) is 0.00776. The second kappa shape index (κ2) is 39.8. The van der Waals surface area contributed by atoms with Gasteiger partial charge in [0, 0.05) is 18.4 Å². The number of hydrogen-bond acceptors (Lipinski definition) is 1. The Morgan fingerprint density at radius 1 is 0.305 bits per heavy atom. The van der Waals surface area contributed by atoms with Gasteiger partial charge in [0.15, 0.2) is 76.4 Å². The first kappa shape index (κ1) is 79.3. The molecule has 0 aliphatic heterocycles. The monoisotopic (exact) mass is 1370 g/mol. The number of nitrogens with zero attached hydrogens (tertiary/aromatic N) is 1. The second-order valence-electron chi connectivity index (χ2n) is 24.6. The summed E-state index contributed by atoms with van der Waals surface area (Å²) in [6.45, 7) is 5.04. The summed E-state index contributed by atoms with van der Waals surface area (Å²) in [5.41, 5.74) is -12.2.